The Balaban J connectivity index is 2.39. The number of carboxylic acid groups (broad SMARTS) is 1. The van der Waals surface area contributed by atoms with Crippen LogP contribution in [0.25, 0.3) is 0 Å². The highest BCUT2D eigenvalue weighted by Gasteiger charge is 2.18. The van der Waals surface area contributed by atoms with Crippen molar-refractivity contribution in [2.75, 3.05) is 13.6 Å². The van der Waals surface area contributed by atoms with Crippen LogP contribution in [0.3, 0.4) is 0 Å². The standard InChI is InChI=1S/C13H20N2O3S/c1-3-5-10(12(16)17)8-14-13(18)15(2)9-11-6-4-7-19-11/h4,6-7,10H,3,5,8-9H2,1-2H3,(H,14,18)(H,16,17). The van der Waals surface area contributed by atoms with Crippen molar-refractivity contribution in [2.45, 2.75) is 26.3 Å². The fourth-order valence-corrected chi connectivity index (χ4v) is 2.47. The van der Waals surface area contributed by atoms with Crippen LogP contribution >= 0.6 is 11.3 Å². The van der Waals surface area contributed by atoms with Gasteiger partial charge in [0.15, 0.2) is 0 Å². The van der Waals surface area contributed by atoms with Crippen molar-refractivity contribution in [3.8, 4) is 0 Å². The second kappa shape index (κ2) is 7.78. The summed E-state index contributed by atoms with van der Waals surface area (Å²) in [6.07, 6.45) is 1.36. The van der Waals surface area contributed by atoms with E-state index in [1.807, 2.05) is 24.4 Å². The van der Waals surface area contributed by atoms with E-state index in [1.165, 1.54) is 0 Å². The van der Waals surface area contributed by atoms with Crippen molar-refractivity contribution in [3.05, 3.63) is 22.4 Å². The first-order valence-corrected chi connectivity index (χ1v) is 7.16. The molecule has 1 rings (SSSR count). The summed E-state index contributed by atoms with van der Waals surface area (Å²) in [6.45, 7) is 2.65. The van der Waals surface area contributed by atoms with Crippen molar-refractivity contribution in [3.63, 3.8) is 0 Å². The summed E-state index contributed by atoms with van der Waals surface area (Å²) >= 11 is 1.59. The Morgan fingerprint density at radius 2 is 2.26 bits per heavy atom. The molecule has 2 N–H and O–H groups in total. The second-order valence-electron chi connectivity index (χ2n) is 4.45. The van der Waals surface area contributed by atoms with E-state index >= 15 is 0 Å². The zero-order valence-corrected chi connectivity index (χ0v) is 12.1. The van der Waals surface area contributed by atoms with Crippen molar-refractivity contribution in [2.24, 2.45) is 5.92 Å². The molecule has 2 amide bonds. The predicted octanol–water partition coefficient (Wildman–Crippen LogP) is 2.39. The Hall–Kier alpha value is -1.56. The number of aliphatic carboxylic acids is 1. The molecule has 1 aromatic rings. The van der Waals surface area contributed by atoms with Crippen molar-refractivity contribution >= 4 is 23.3 Å². The number of hydrogen-bond donors (Lipinski definition) is 2. The van der Waals surface area contributed by atoms with Gasteiger partial charge in [0.25, 0.3) is 0 Å². The molecule has 1 atom stereocenters. The van der Waals surface area contributed by atoms with Crippen LogP contribution in [0.15, 0.2) is 17.5 Å². The Kier molecular flexibility index (Phi) is 6.35. The summed E-state index contributed by atoms with van der Waals surface area (Å²) in [5, 5.41) is 13.6. The molecule has 0 aliphatic heterocycles. The lowest BCUT2D eigenvalue weighted by molar-refractivity contribution is -0.141. The van der Waals surface area contributed by atoms with Gasteiger partial charge < -0.3 is 15.3 Å². The fraction of sp³-hybridized carbons (Fsp3) is 0.538. The summed E-state index contributed by atoms with van der Waals surface area (Å²) in [5.74, 6) is -1.37. The summed E-state index contributed by atoms with van der Waals surface area (Å²) in [4.78, 5) is 25.4. The Bertz CT molecular complexity index is 406. The van der Waals surface area contributed by atoms with Crippen LogP contribution in [0.5, 0.6) is 0 Å². The molecule has 5 nitrogen and oxygen atoms in total. The van der Waals surface area contributed by atoms with E-state index in [1.54, 1.807) is 23.3 Å². The van der Waals surface area contributed by atoms with E-state index in [4.69, 9.17) is 5.11 Å². The molecule has 0 aliphatic carbocycles. The minimum Gasteiger partial charge on any atom is -0.481 e. The summed E-state index contributed by atoms with van der Waals surface area (Å²) in [6, 6.07) is 3.66. The Labute approximate surface area is 117 Å². The summed E-state index contributed by atoms with van der Waals surface area (Å²) in [5.41, 5.74) is 0. The van der Waals surface area contributed by atoms with Gasteiger partial charge in [-0.05, 0) is 17.9 Å². The van der Waals surface area contributed by atoms with Gasteiger partial charge in [-0.25, -0.2) is 4.79 Å². The van der Waals surface area contributed by atoms with Crippen LogP contribution in [0.4, 0.5) is 4.79 Å². The van der Waals surface area contributed by atoms with Crippen molar-refractivity contribution in [1.29, 1.82) is 0 Å². The second-order valence-corrected chi connectivity index (χ2v) is 5.48. The van der Waals surface area contributed by atoms with Gasteiger partial charge in [0.2, 0.25) is 0 Å². The quantitative estimate of drug-likeness (QED) is 0.807. The molecular weight excluding hydrogens is 264 g/mol. The molecule has 0 fully saturated rings. The van der Waals surface area contributed by atoms with Crippen LogP contribution in [-0.4, -0.2) is 35.6 Å². The number of carboxylic acids is 1. The highest BCUT2D eigenvalue weighted by molar-refractivity contribution is 7.09. The van der Waals surface area contributed by atoms with Gasteiger partial charge in [-0.1, -0.05) is 19.4 Å². The number of carbonyl (C=O) groups is 2. The van der Waals surface area contributed by atoms with E-state index in [2.05, 4.69) is 5.32 Å². The van der Waals surface area contributed by atoms with Crippen LogP contribution in [0, 0.1) is 5.92 Å². The van der Waals surface area contributed by atoms with E-state index in [-0.39, 0.29) is 12.6 Å². The Morgan fingerprint density at radius 3 is 2.79 bits per heavy atom. The number of thiophene rings is 1. The third-order valence-corrected chi connectivity index (χ3v) is 3.67. The molecule has 0 aromatic carbocycles. The normalized spacial score (nSPS) is 11.9. The van der Waals surface area contributed by atoms with Crippen LogP contribution < -0.4 is 5.32 Å². The number of nitrogens with zero attached hydrogens (tertiary/aromatic N) is 1. The van der Waals surface area contributed by atoms with Gasteiger partial charge in [0, 0.05) is 18.5 Å². The molecule has 1 heterocycles. The van der Waals surface area contributed by atoms with Gasteiger partial charge in [-0.15, -0.1) is 11.3 Å². The zero-order chi connectivity index (χ0) is 14.3. The van der Waals surface area contributed by atoms with E-state index < -0.39 is 11.9 Å². The lowest BCUT2D eigenvalue weighted by Gasteiger charge is -2.19. The molecule has 0 radical (unpaired) electrons. The number of urea groups is 1. The topological polar surface area (TPSA) is 69.6 Å². The van der Waals surface area contributed by atoms with Crippen molar-refractivity contribution < 1.29 is 14.7 Å². The molecule has 1 unspecified atom stereocenters. The third kappa shape index (κ3) is 5.30. The predicted molar refractivity (Wildman–Crippen MR) is 75.2 cm³/mol. The maximum atomic E-state index is 11.8. The highest BCUT2D eigenvalue weighted by atomic mass is 32.1. The van der Waals surface area contributed by atoms with E-state index in [9.17, 15) is 9.59 Å². The highest BCUT2D eigenvalue weighted by Crippen LogP contribution is 2.11. The molecule has 0 aliphatic rings. The van der Waals surface area contributed by atoms with Crippen LogP contribution in [-0.2, 0) is 11.3 Å². The molecule has 106 valence electrons. The zero-order valence-electron chi connectivity index (χ0n) is 11.3. The first-order valence-electron chi connectivity index (χ1n) is 6.28. The number of carbonyl (C=O) groups excluding carboxylic acids is 1. The van der Waals surface area contributed by atoms with Crippen LogP contribution in [0.2, 0.25) is 0 Å². The molecule has 1 aromatic heterocycles. The summed E-state index contributed by atoms with van der Waals surface area (Å²) in [7, 11) is 1.70. The number of nitrogens with one attached hydrogen (secondary N) is 1. The molecule has 19 heavy (non-hydrogen) atoms. The molecule has 6 heteroatoms. The molecule has 0 spiro atoms. The largest absolute Gasteiger partial charge is 0.481 e. The number of amides is 2. The van der Waals surface area contributed by atoms with Crippen LogP contribution in [0.1, 0.15) is 24.6 Å². The average Bonchev–Trinajstić information content (AvgIpc) is 2.86. The maximum absolute atomic E-state index is 11.8. The molecule has 0 bridgehead atoms. The minimum atomic E-state index is -0.858. The van der Waals surface area contributed by atoms with Gasteiger partial charge in [-0.3, -0.25) is 4.79 Å². The maximum Gasteiger partial charge on any atom is 0.317 e. The van der Waals surface area contributed by atoms with E-state index in [0.717, 1.165) is 11.3 Å². The minimum absolute atomic E-state index is 0.177. The smallest absolute Gasteiger partial charge is 0.317 e. The molecule has 0 saturated heterocycles. The van der Waals surface area contributed by atoms with Gasteiger partial charge in [0.05, 0.1) is 12.5 Å². The first kappa shape index (κ1) is 15.5. The lowest BCUT2D eigenvalue weighted by Crippen LogP contribution is -2.40. The number of hydrogen-bond acceptors (Lipinski definition) is 3. The average molecular weight is 284 g/mol. The van der Waals surface area contributed by atoms with Gasteiger partial charge >= 0.3 is 12.0 Å². The van der Waals surface area contributed by atoms with Gasteiger partial charge in [-0.2, -0.15) is 0 Å². The first-order chi connectivity index (χ1) is 9.04. The molecule has 0 saturated carbocycles. The third-order valence-electron chi connectivity index (χ3n) is 2.81. The Morgan fingerprint density at radius 1 is 1.53 bits per heavy atom. The fourth-order valence-electron chi connectivity index (χ4n) is 1.71. The molecular formula is C13H20N2O3S. The summed E-state index contributed by atoms with van der Waals surface area (Å²) < 4.78 is 0. The lowest BCUT2D eigenvalue weighted by atomic mass is 10.0. The van der Waals surface area contributed by atoms with Gasteiger partial charge in [0.1, 0.15) is 0 Å². The van der Waals surface area contributed by atoms with Crippen molar-refractivity contribution in [1.82, 2.24) is 10.2 Å². The monoisotopic (exact) mass is 284 g/mol. The van der Waals surface area contributed by atoms with E-state index in [0.29, 0.717) is 13.0 Å². The SMILES string of the molecule is CCCC(CNC(=O)N(C)Cc1cccs1)C(=O)O. The number of rotatable bonds is 7.